The number of methoxy groups -OCH3 is 2. The average molecular weight is 489 g/mol. The largest absolute Gasteiger partial charge is 0.495 e. The zero-order valence-electron chi connectivity index (χ0n) is 20.4. The van der Waals surface area contributed by atoms with Crippen molar-refractivity contribution >= 4 is 28.6 Å². The summed E-state index contributed by atoms with van der Waals surface area (Å²) < 4.78 is 17.3. The Balaban J connectivity index is 1.56. The third-order valence-corrected chi connectivity index (χ3v) is 6.28. The Labute approximate surface area is 208 Å². The minimum Gasteiger partial charge on any atom is -0.495 e. The van der Waals surface area contributed by atoms with Crippen LogP contribution in [0.15, 0.2) is 42.9 Å². The van der Waals surface area contributed by atoms with E-state index in [1.165, 1.54) is 0 Å². The number of amides is 1. The summed E-state index contributed by atoms with van der Waals surface area (Å²) in [6.07, 6.45) is 9.67. The topological polar surface area (TPSA) is 123 Å². The monoisotopic (exact) mass is 488 g/mol. The van der Waals surface area contributed by atoms with E-state index in [1.54, 1.807) is 51.9 Å². The normalized spacial score (nSPS) is 13.5. The minimum absolute atomic E-state index is 0.100. The first kappa shape index (κ1) is 23.4. The van der Waals surface area contributed by atoms with Crippen LogP contribution in [0.3, 0.4) is 0 Å². The molecule has 0 unspecified atom stereocenters. The number of hydrogen-bond donors (Lipinski definition) is 3. The van der Waals surface area contributed by atoms with Gasteiger partial charge in [0, 0.05) is 36.1 Å². The summed E-state index contributed by atoms with van der Waals surface area (Å²) in [5.74, 6) is 1.79. The molecule has 0 bridgehead atoms. The highest BCUT2D eigenvalue weighted by Crippen LogP contribution is 2.38. The Morgan fingerprint density at radius 2 is 1.92 bits per heavy atom. The van der Waals surface area contributed by atoms with Crippen molar-refractivity contribution in [1.82, 2.24) is 25.3 Å². The van der Waals surface area contributed by atoms with Gasteiger partial charge in [-0.2, -0.15) is 9.97 Å². The number of ether oxygens (including phenoxy) is 3. The molecule has 0 radical (unpaired) electrons. The predicted molar refractivity (Wildman–Crippen MR) is 136 cm³/mol. The van der Waals surface area contributed by atoms with Crippen molar-refractivity contribution in [3.8, 4) is 28.5 Å². The van der Waals surface area contributed by atoms with Gasteiger partial charge in [0.2, 0.25) is 11.8 Å². The van der Waals surface area contributed by atoms with Crippen molar-refractivity contribution in [2.24, 2.45) is 0 Å². The number of aromatic nitrogens is 4. The number of carbonyl (C=O) groups is 1. The average Bonchev–Trinajstić information content (AvgIpc) is 3.58. The van der Waals surface area contributed by atoms with E-state index < -0.39 is 0 Å². The molecule has 10 nitrogen and oxygen atoms in total. The summed E-state index contributed by atoms with van der Waals surface area (Å²) in [5, 5.41) is 6.62. The minimum atomic E-state index is -0.198. The van der Waals surface area contributed by atoms with Gasteiger partial charge in [0.25, 0.3) is 5.91 Å². The molecule has 3 aromatic heterocycles. The van der Waals surface area contributed by atoms with Crippen molar-refractivity contribution in [2.75, 3.05) is 26.6 Å². The SMILES string of the molecule is CNC(=O)c1ccc(Nc2nc(OC3CCCC3)c3c(-c4cncc(OC)c4)c[nH]c3n2)c(OC)c1. The zero-order chi connectivity index (χ0) is 25.1. The molecule has 0 atom stereocenters. The van der Waals surface area contributed by atoms with Crippen LogP contribution >= 0.6 is 0 Å². The van der Waals surface area contributed by atoms with Gasteiger partial charge in [0.05, 0.1) is 31.5 Å². The first-order chi connectivity index (χ1) is 17.6. The summed E-state index contributed by atoms with van der Waals surface area (Å²) in [7, 11) is 4.75. The first-order valence-corrected chi connectivity index (χ1v) is 11.8. The number of anilines is 2. The molecule has 36 heavy (non-hydrogen) atoms. The van der Waals surface area contributed by atoms with Gasteiger partial charge in [0.1, 0.15) is 23.3 Å². The maximum atomic E-state index is 12.0. The number of hydrogen-bond acceptors (Lipinski definition) is 8. The fraction of sp³-hybridized carbons (Fsp3) is 0.308. The molecular formula is C26H28N6O4. The predicted octanol–water partition coefficient (Wildman–Crippen LogP) is 4.46. The fourth-order valence-corrected chi connectivity index (χ4v) is 4.41. The second-order valence-electron chi connectivity index (χ2n) is 8.54. The van der Waals surface area contributed by atoms with Crippen molar-refractivity contribution in [2.45, 2.75) is 31.8 Å². The molecule has 1 fully saturated rings. The van der Waals surface area contributed by atoms with Crippen LogP contribution in [0.25, 0.3) is 22.2 Å². The lowest BCUT2D eigenvalue weighted by Gasteiger charge is -2.16. The number of nitrogens with one attached hydrogen (secondary N) is 3. The highest BCUT2D eigenvalue weighted by Gasteiger charge is 2.23. The van der Waals surface area contributed by atoms with E-state index in [0.717, 1.165) is 42.2 Å². The van der Waals surface area contributed by atoms with Gasteiger partial charge in [-0.05, 0) is 49.9 Å². The molecule has 4 aromatic rings. The lowest BCUT2D eigenvalue weighted by molar-refractivity contribution is 0.0962. The van der Waals surface area contributed by atoms with Crippen LogP contribution in [-0.4, -0.2) is 53.2 Å². The standard InChI is InChI=1S/C26H28N6O4/c1-27-24(33)15-8-9-20(21(11-15)35-3)30-26-31-23-22(25(32-26)36-17-6-4-5-7-17)19(14-29-23)16-10-18(34-2)13-28-12-16/h8-14,17H,4-7H2,1-3H3,(H,27,33)(H2,29,30,31,32). The van der Waals surface area contributed by atoms with Crippen LogP contribution < -0.4 is 24.8 Å². The third kappa shape index (κ3) is 4.61. The van der Waals surface area contributed by atoms with Crippen molar-refractivity contribution in [3.63, 3.8) is 0 Å². The van der Waals surface area contributed by atoms with Crippen LogP contribution in [0.5, 0.6) is 17.4 Å². The number of aromatic amines is 1. The summed E-state index contributed by atoms with van der Waals surface area (Å²) >= 11 is 0. The molecule has 1 amide bonds. The molecule has 0 saturated heterocycles. The Hall–Kier alpha value is -4.34. The second-order valence-corrected chi connectivity index (χ2v) is 8.54. The molecule has 3 heterocycles. The van der Waals surface area contributed by atoms with Gasteiger partial charge in [-0.3, -0.25) is 9.78 Å². The lowest BCUT2D eigenvalue weighted by atomic mass is 10.1. The van der Waals surface area contributed by atoms with E-state index in [9.17, 15) is 4.79 Å². The van der Waals surface area contributed by atoms with E-state index in [0.29, 0.717) is 40.2 Å². The zero-order valence-corrected chi connectivity index (χ0v) is 20.4. The van der Waals surface area contributed by atoms with Crippen LogP contribution in [0.2, 0.25) is 0 Å². The summed E-state index contributed by atoms with van der Waals surface area (Å²) in [6, 6.07) is 7.05. The first-order valence-electron chi connectivity index (χ1n) is 11.8. The smallest absolute Gasteiger partial charge is 0.251 e. The van der Waals surface area contributed by atoms with Gasteiger partial charge >= 0.3 is 0 Å². The molecule has 3 N–H and O–H groups in total. The maximum absolute atomic E-state index is 12.0. The number of nitrogens with zero attached hydrogens (tertiary/aromatic N) is 3. The molecule has 1 aliphatic carbocycles. The second kappa shape index (κ2) is 10.1. The van der Waals surface area contributed by atoms with Gasteiger partial charge in [0.15, 0.2) is 0 Å². The molecule has 10 heteroatoms. The molecule has 1 aliphatic rings. The number of H-pyrrole nitrogens is 1. The Bertz CT molecular complexity index is 1400. The Morgan fingerprint density at radius 3 is 2.67 bits per heavy atom. The quantitative estimate of drug-likeness (QED) is 0.332. The van der Waals surface area contributed by atoms with Crippen LogP contribution in [0, 0.1) is 0 Å². The fourth-order valence-electron chi connectivity index (χ4n) is 4.41. The van der Waals surface area contributed by atoms with Gasteiger partial charge in [-0.25, -0.2) is 0 Å². The van der Waals surface area contributed by atoms with Crippen LogP contribution in [-0.2, 0) is 0 Å². The van der Waals surface area contributed by atoms with E-state index in [-0.39, 0.29) is 12.0 Å². The number of benzene rings is 1. The Kier molecular flexibility index (Phi) is 6.57. The Morgan fingerprint density at radius 1 is 1.08 bits per heavy atom. The number of pyridine rings is 1. The van der Waals surface area contributed by atoms with Crippen LogP contribution in [0.4, 0.5) is 11.6 Å². The van der Waals surface area contributed by atoms with Gasteiger partial charge in [-0.15, -0.1) is 0 Å². The van der Waals surface area contributed by atoms with Crippen molar-refractivity contribution in [1.29, 1.82) is 0 Å². The molecule has 5 rings (SSSR count). The third-order valence-electron chi connectivity index (χ3n) is 6.28. The van der Waals surface area contributed by atoms with Gasteiger partial charge in [-0.1, -0.05) is 0 Å². The molecule has 0 spiro atoms. The lowest BCUT2D eigenvalue weighted by Crippen LogP contribution is -2.17. The maximum Gasteiger partial charge on any atom is 0.251 e. The van der Waals surface area contributed by atoms with E-state index in [1.807, 2.05) is 12.3 Å². The molecule has 0 aliphatic heterocycles. The molecule has 1 aromatic carbocycles. The summed E-state index contributed by atoms with van der Waals surface area (Å²) in [6.45, 7) is 0. The number of rotatable bonds is 8. The van der Waals surface area contributed by atoms with Crippen molar-refractivity contribution < 1.29 is 19.0 Å². The highest BCUT2D eigenvalue weighted by atomic mass is 16.5. The van der Waals surface area contributed by atoms with Crippen LogP contribution in [0.1, 0.15) is 36.0 Å². The van der Waals surface area contributed by atoms with E-state index >= 15 is 0 Å². The van der Waals surface area contributed by atoms with Crippen molar-refractivity contribution in [3.05, 3.63) is 48.4 Å². The number of carbonyl (C=O) groups excluding carboxylic acids is 1. The van der Waals surface area contributed by atoms with Gasteiger partial charge < -0.3 is 29.8 Å². The number of fused-ring (bicyclic) bond motifs is 1. The van der Waals surface area contributed by atoms with E-state index in [4.69, 9.17) is 24.2 Å². The molecule has 186 valence electrons. The summed E-state index contributed by atoms with van der Waals surface area (Å²) in [4.78, 5) is 29.0. The summed E-state index contributed by atoms with van der Waals surface area (Å²) in [5.41, 5.74) is 3.48. The molecule has 1 saturated carbocycles. The highest BCUT2D eigenvalue weighted by molar-refractivity contribution is 5.98. The molecular weight excluding hydrogens is 460 g/mol. The van der Waals surface area contributed by atoms with E-state index in [2.05, 4.69) is 20.6 Å².